The molecule has 5 heteroatoms. The van der Waals surface area contributed by atoms with E-state index >= 15 is 0 Å². The van der Waals surface area contributed by atoms with Gasteiger partial charge in [-0.15, -0.1) is 0 Å². The summed E-state index contributed by atoms with van der Waals surface area (Å²) < 4.78 is 10.9. The van der Waals surface area contributed by atoms with Gasteiger partial charge in [-0.1, -0.05) is 12.2 Å². The molecule has 1 aliphatic heterocycles. The van der Waals surface area contributed by atoms with E-state index < -0.39 is 5.60 Å². The molecule has 122 valence electrons. The average Bonchev–Trinajstić information content (AvgIpc) is 2.79. The van der Waals surface area contributed by atoms with Crippen LogP contribution < -0.4 is 5.32 Å². The molecule has 1 N–H and O–H groups in total. The Morgan fingerprint density at radius 1 is 1.43 bits per heavy atom. The molecule has 1 amide bonds. The molecule has 1 rings (SSSR count). The summed E-state index contributed by atoms with van der Waals surface area (Å²) in [5, 5.41) is 3.34. The monoisotopic (exact) mass is 298 g/mol. The van der Waals surface area contributed by atoms with Gasteiger partial charge in [0, 0.05) is 25.7 Å². The smallest absolute Gasteiger partial charge is 0.410 e. The fourth-order valence-electron chi connectivity index (χ4n) is 2.27. The summed E-state index contributed by atoms with van der Waals surface area (Å²) in [4.78, 5) is 14.0. The molecule has 1 heterocycles. The molecule has 1 atom stereocenters. The molecule has 1 fully saturated rings. The van der Waals surface area contributed by atoms with Gasteiger partial charge in [-0.3, -0.25) is 0 Å². The molecule has 0 aromatic carbocycles. The summed E-state index contributed by atoms with van der Waals surface area (Å²) in [6.07, 6.45) is 1.86. The van der Waals surface area contributed by atoms with E-state index in [1.165, 1.54) is 0 Å². The van der Waals surface area contributed by atoms with E-state index in [2.05, 4.69) is 11.9 Å². The molecule has 0 saturated carbocycles. The van der Waals surface area contributed by atoms with E-state index in [9.17, 15) is 4.79 Å². The molecule has 1 unspecified atom stereocenters. The zero-order chi connectivity index (χ0) is 15.9. The van der Waals surface area contributed by atoms with Gasteiger partial charge in [0.15, 0.2) is 0 Å². The number of nitrogens with zero attached hydrogens (tertiary/aromatic N) is 1. The third-order valence-corrected chi connectivity index (χ3v) is 3.16. The van der Waals surface area contributed by atoms with Crippen molar-refractivity contribution >= 4 is 6.09 Å². The molecule has 1 aliphatic rings. The first-order valence-corrected chi connectivity index (χ1v) is 7.72. The Labute approximate surface area is 128 Å². The first-order valence-electron chi connectivity index (χ1n) is 7.72. The fraction of sp³-hybridized carbons (Fsp3) is 0.812. The second kappa shape index (κ2) is 8.39. The molecule has 0 radical (unpaired) electrons. The van der Waals surface area contributed by atoms with Gasteiger partial charge in [0.1, 0.15) is 5.60 Å². The van der Waals surface area contributed by atoms with Crippen LogP contribution in [-0.2, 0) is 9.47 Å². The molecule has 0 aliphatic carbocycles. The number of amides is 1. The number of likely N-dealkylation sites (tertiary alicyclic amines) is 1. The second-order valence-corrected chi connectivity index (χ2v) is 6.68. The highest BCUT2D eigenvalue weighted by Crippen LogP contribution is 2.20. The van der Waals surface area contributed by atoms with Gasteiger partial charge in [-0.2, -0.15) is 0 Å². The highest BCUT2D eigenvalue weighted by Gasteiger charge is 2.31. The molecule has 0 bridgehead atoms. The number of nitrogens with one attached hydrogen (secondary N) is 1. The molecule has 21 heavy (non-hydrogen) atoms. The van der Waals surface area contributed by atoms with Crippen LogP contribution in [-0.4, -0.2) is 55.5 Å². The standard InChI is InChI=1S/C16H30N2O3/c1-13(2)12-20-10-8-17-11-14-7-6-9-18(14)15(19)21-16(3,4)5/h14,17H,1,6-12H2,2-5H3. The maximum absolute atomic E-state index is 12.1. The van der Waals surface area contributed by atoms with E-state index in [4.69, 9.17) is 9.47 Å². The first kappa shape index (κ1) is 18.0. The topological polar surface area (TPSA) is 50.8 Å². The van der Waals surface area contributed by atoms with Crippen molar-refractivity contribution in [3.63, 3.8) is 0 Å². The van der Waals surface area contributed by atoms with E-state index in [0.717, 1.165) is 38.0 Å². The highest BCUT2D eigenvalue weighted by molar-refractivity contribution is 5.69. The number of ether oxygens (including phenoxy) is 2. The SMILES string of the molecule is C=C(C)COCCNCC1CCCN1C(=O)OC(C)(C)C. The van der Waals surface area contributed by atoms with E-state index in [1.54, 1.807) is 0 Å². The lowest BCUT2D eigenvalue weighted by atomic mass is 10.2. The number of hydrogen-bond acceptors (Lipinski definition) is 4. The quantitative estimate of drug-likeness (QED) is 0.580. The summed E-state index contributed by atoms with van der Waals surface area (Å²) in [5.74, 6) is 0. The second-order valence-electron chi connectivity index (χ2n) is 6.68. The largest absolute Gasteiger partial charge is 0.444 e. The lowest BCUT2D eigenvalue weighted by Gasteiger charge is -2.28. The van der Waals surface area contributed by atoms with Gasteiger partial charge in [0.2, 0.25) is 0 Å². The molecular formula is C16H30N2O3. The van der Waals surface area contributed by atoms with Crippen LogP contribution in [0, 0.1) is 0 Å². The number of hydrogen-bond donors (Lipinski definition) is 1. The number of carbonyl (C=O) groups is 1. The van der Waals surface area contributed by atoms with E-state index in [1.807, 2.05) is 32.6 Å². The Balaban J connectivity index is 2.24. The van der Waals surface area contributed by atoms with Crippen LogP contribution in [0.2, 0.25) is 0 Å². The van der Waals surface area contributed by atoms with Crippen LogP contribution in [0.25, 0.3) is 0 Å². The molecule has 0 spiro atoms. The molecule has 0 aromatic heterocycles. The summed E-state index contributed by atoms with van der Waals surface area (Å²) >= 11 is 0. The Kier molecular flexibility index (Phi) is 7.18. The van der Waals surface area contributed by atoms with Crippen LogP contribution in [0.4, 0.5) is 4.79 Å². The van der Waals surface area contributed by atoms with Crippen molar-refractivity contribution in [2.24, 2.45) is 0 Å². The minimum atomic E-state index is -0.436. The summed E-state index contributed by atoms with van der Waals surface area (Å²) in [6.45, 7) is 15.0. The van der Waals surface area contributed by atoms with Crippen LogP contribution in [0.3, 0.4) is 0 Å². The van der Waals surface area contributed by atoms with Crippen LogP contribution in [0.15, 0.2) is 12.2 Å². The van der Waals surface area contributed by atoms with E-state index in [-0.39, 0.29) is 12.1 Å². The molecule has 0 aromatic rings. The first-order chi connectivity index (χ1) is 9.79. The Bertz CT molecular complexity index is 350. The normalized spacial score (nSPS) is 18.9. The fourth-order valence-corrected chi connectivity index (χ4v) is 2.27. The predicted molar refractivity (Wildman–Crippen MR) is 84.5 cm³/mol. The molecule has 5 nitrogen and oxygen atoms in total. The van der Waals surface area contributed by atoms with Crippen molar-refractivity contribution in [2.45, 2.75) is 52.2 Å². The van der Waals surface area contributed by atoms with Crippen molar-refractivity contribution in [2.75, 3.05) is 32.8 Å². The van der Waals surface area contributed by atoms with Gasteiger partial charge in [-0.05, 0) is 40.5 Å². The van der Waals surface area contributed by atoms with E-state index in [0.29, 0.717) is 13.2 Å². The van der Waals surface area contributed by atoms with Crippen molar-refractivity contribution in [3.05, 3.63) is 12.2 Å². The maximum Gasteiger partial charge on any atom is 0.410 e. The lowest BCUT2D eigenvalue weighted by Crippen LogP contribution is -2.44. The number of carbonyl (C=O) groups excluding carboxylic acids is 1. The third-order valence-electron chi connectivity index (χ3n) is 3.16. The summed E-state index contributed by atoms with van der Waals surface area (Å²) in [6, 6.07) is 0.223. The van der Waals surface area contributed by atoms with Gasteiger partial charge in [-0.25, -0.2) is 4.79 Å². The van der Waals surface area contributed by atoms with Gasteiger partial charge in [0.25, 0.3) is 0 Å². The molecular weight excluding hydrogens is 268 g/mol. The van der Waals surface area contributed by atoms with Crippen LogP contribution >= 0.6 is 0 Å². The Hall–Kier alpha value is -1.07. The van der Waals surface area contributed by atoms with Crippen molar-refractivity contribution in [1.82, 2.24) is 10.2 Å². The van der Waals surface area contributed by atoms with Crippen LogP contribution in [0.5, 0.6) is 0 Å². The van der Waals surface area contributed by atoms with Crippen molar-refractivity contribution in [1.29, 1.82) is 0 Å². The zero-order valence-corrected chi connectivity index (χ0v) is 13.9. The average molecular weight is 298 g/mol. The maximum atomic E-state index is 12.1. The van der Waals surface area contributed by atoms with Crippen LogP contribution in [0.1, 0.15) is 40.5 Å². The third kappa shape index (κ3) is 7.48. The number of rotatable bonds is 7. The molecule has 1 saturated heterocycles. The minimum absolute atomic E-state index is 0.203. The zero-order valence-electron chi connectivity index (χ0n) is 13.9. The highest BCUT2D eigenvalue weighted by atomic mass is 16.6. The Morgan fingerprint density at radius 3 is 2.76 bits per heavy atom. The van der Waals surface area contributed by atoms with Crippen molar-refractivity contribution in [3.8, 4) is 0 Å². The van der Waals surface area contributed by atoms with Gasteiger partial charge in [0.05, 0.1) is 13.2 Å². The predicted octanol–water partition coefficient (Wildman–Crippen LogP) is 2.57. The lowest BCUT2D eigenvalue weighted by molar-refractivity contribution is 0.0225. The summed E-state index contributed by atoms with van der Waals surface area (Å²) in [5.41, 5.74) is 0.593. The van der Waals surface area contributed by atoms with Gasteiger partial charge >= 0.3 is 6.09 Å². The van der Waals surface area contributed by atoms with Crippen molar-refractivity contribution < 1.29 is 14.3 Å². The Morgan fingerprint density at radius 2 is 2.14 bits per heavy atom. The summed E-state index contributed by atoms with van der Waals surface area (Å²) in [7, 11) is 0. The minimum Gasteiger partial charge on any atom is -0.444 e. The van der Waals surface area contributed by atoms with Gasteiger partial charge < -0.3 is 19.7 Å².